The number of carbonyl (C=O) groups excluding carboxylic acids is 2. The van der Waals surface area contributed by atoms with Crippen LogP contribution in [0.1, 0.15) is 33.3 Å². The molecule has 0 aliphatic heterocycles. The third-order valence-electron chi connectivity index (χ3n) is 4.88. The summed E-state index contributed by atoms with van der Waals surface area (Å²) in [7, 11) is 0. The van der Waals surface area contributed by atoms with E-state index in [0.29, 0.717) is 16.9 Å². The Kier molecular flexibility index (Phi) is 6.98. The van der Waals surface area contributed by atoms with Crippen molar-refractivity contribution in [1.82, 2.24) is 9.78 Å². The van der Waals surface area contributed by atoms with Gasteiger partial charge in [-0.15, -0.1) is 0 Å². The lowest BCUT2D eigenvalue weighted by atomic mass is 10.2. The number of benzene rings is 3. The molecule has 1 amide bonds. The Labute approximate surface area is 195 Å². The molecule has 1 heterocycles. The van der Waals surface area contributed by atoms with Gasteiger partial charge in [0.05, 0.1) is 24.1 Å². The maximum atomic E-state index is 13.3. The normalized spacial score (nSPS) is 10.5. The van der Waals surface area contributed by atoms with Gasteiger partial charge in [0.2, 0.25) is 0 Å². The molecular formula is C26H22FN3O4. The van der Waals surface area contributed by atoms with Crippen LogP contribution in [0.3, 0.4) is 0 Å². The van der Waals surface area contributed by atoms with Crippen molar-refractivity contribution in [2.45, 2.75) is 13.5 Å². The summed E-state index contributed by atoms with van der Waals surface area (Å²) in [6, 6.07) is 21.6. The van der Waals surface area contributed by atoms with Crippen LogP contribution in [0, 0.1) is 5.82 Å². The number of esters is 1. The number of carbonyl (C=O) groups is 2. The second-order valence-electron chi connectivity index (χ2n) is 7.29. The summed E-state index contributed by atoms with van der Waals surface area (Å²) in [6.45, 7) is 2.25. The van der Waals surface area contributed by atoms with Crippen LogP contribution in [0.4, 0.5) is 10.1 Å². The molecule has 0 saturated heterocycles. The summed E-state index contributed by atoms with van der Waals surface area (Å²) >= 11 is 0. The van der Waals surface area contributed by atoms with E-state index in [9.17, 15) is 14.0 Å². The zero-order valence-corrected chi connectivity index (χ0v) is 18.4. The predicted octanol–water partition coefficient (Wildman–Crippen LogP) is 5.02. The quantitative estimate of drug-likeness (QED) is 0.374. The number of nitrogens with one attached hydrogen (secondary N) is 1. The second kappa shape index (κ2) is 10.4. The molecule has 4 rings (SSSR count). The fourth-order valence-corrected chi connectivity index (χ4v) is 3.18. The smallest absolute Gasteiger partial charge is 0.338 e. The van der Waals surface area contributed by atoms with Crippen molar-refractivity contribution < 1.29 is 23.5 Å². The van der Waals surface area contributed by atoms with Crippen LogP contribution in [-0.4, -0.2) is 28.3 Å². The molecule has 0 spiro atoms. The maximum Gasteiger partial charge on any atom is 0.338 e. The van der Waals surface area contributed by atoms with Crippen molar-refractivity contribution in [3.63, 3.8) is 0 Å². The van der Waals surface area contributed by atoms with E-state index in [1.54, 1.807) is 49.5 Å². The van der Waals surface area contributed by atoms with E-state index >= 15 is 0 Å². The van der Waals surface area contributed by atoms with Crippen molar-refractivity contribution >= 4 is 17.6 Å². The lowest BCUT2D eigenvalue weighted by Crippen LogP contribution is -2.15. The van der Waals surface area contributed by atoms with Gasteiger partial charge in [0.25, 0.3) is 5.91 Å². The van der Waals surface area contributed by atoms with Crippen molar-refractivity contribution in [3.8, 4) is 11.4 Å². The van der Waals surface area contributed by atoms with E-state index in [1.807, 2.05) is 30.3 Å². The summed E-state index contributed by atoms with van der Waals surface area (Å²) in [6.07, 6.45) is 1.58. The summed E-state index contributed by atoms with van der Waals surface area (Å²) < 4.78 is 25.7. The maximum absolute atomic E-state index is 13.3. The topological polar surface area (TPSA) is 82.5 Å². The number of hydrogen-bond donors (Lipinski definition) is 1. The molecule has 0 saturated carbocycles. The van der Waals surface area contributed by atoms with Crippen LogP contribution in [0.2, 0.25) is 0 Å². The molecule has 0 fully saturated rings. The molecule has 3 aromatic carbocycles. The highest BCUT2D eigenvalue weighted by Crippen LogP contribution is 2.23. The number of aromatic nitrogens is 2. The van der Waals surface area contributed by atoms with Crippen LogP contribution in [0.25, 0.3) is 5.69 Å². The summed E-state index contributed by atoms with van der Waals surface area (Å²) in [5, 5.41) is 7.13. The molecule has 34 heavy (non-hydrogen) atoms. The summed E-state index contributed by atoms with van der Waals surface area (Å²) in [5.41, 5.74) is 2.42. The first-order valence-electron chi connectivity index (χ1n) is 10.6. The van der Waals surface area contributed by atoms with Gasteiger partial charge in [-0.05, 0) is 61.0 Å². The van der Waals surface area contributed by atoms with Crippen LogP contribution >= 0.6 is 0 Å². The molecule has 1 N–H and O–H groups in total. The Bertz CT molecular complexity index is 1270. The number of ether oxygens (including phenoxy) is 2. The molecule has 0 unspecified atom stereocenters. The number of amides is 1. The number of anilines is 1. The highest BCUT2D eigenvalue weighted by Gasteiger charge is 2.20. The minimum Gasteiger partial charge on any atom is -0.485 e. The Morgan fingerprint density at radius 1 is 0.971 bits per heavy atom. The second-order valence-corrected chi connectivity index (χ2v) is 7.29. The SMILES string of the molecule is CCOC(=O)c1ccc(NC(=O)c2nn(-c3ccc(F)cc3)cc2OCc2ccccc2)cc1. The van der Waals surface area contributed by atoms with Gasteiger partial charge in [-0.25, -0.2) is 13.9 Å². The summed E-state index contributed by atoms with van der Waals surface area (Å²) in [4.78, 5) is 24.9. The highest BCUT2D eigenvalue weighted by molar-refractivity contribution is 6.05. The number of rotatable bonds is 8. The predicted molar refractivity (Wildman–Crippen MR) is 125 cm³/mol. The molecule has 0 atom stereocenters. The van der Waals surface area contributed by atoms with Gasteiger partial charge in [0.15, 0.2) is 11.4 Å². The molecule has 8 heteroatoms. The fraction of sp³-hybridized carbons (Fsp3) is 0.115. The first kappa shape index (κ1) is 22.7. The third-order valence-corrected chi connectivity index (χ3v) is 4.88. The first-order chi connectivity index (χ1) is 16.5. The molecule has 0 bridgehead atoms. The molecule has 1 aromatic heterocycles. The number of nitrogens with zero attached hydrogens (tertiary/aromatic N) is 2. The minimum atomic E-state index is -0.493. The zero-order valence-electron chi connectivity index (χ0n) is 18.4. The van der Waals surface area contributed by atoms with Crippen LogP contribution in [0.15, 0.2) is 85.1 Å². The largest absolute Gasteiger partial charge is 0.485 e. The molecular weight excluding hydrogens is 437 g/mol. The Hall–Kier alpha value is -4.46. The number of halogens is 1. The van der Waals surface area contributed by atoms with E-state index in [0.717, 1.165) is 5.56 Å². The average Bonchev–Trinajstić information content (AvgIpc) is 3.29. The van der Waals surface area contributed by atoms with Crippen LogP contribution in [-0.2, 0) is 11.3 Å². The average molecular weight is 459 g/mol. The van der Waals surface area contributed by atoms with Gasteiger partial charge in [0, 0.05) is 5.69 Å². The van der Waals surface area contributed by atoms with E-state index in [2.05, 4.69) is 10.4 Å². The van der Waals surface area contributed by atoms with Gasteiger partial charge >= 0.3 is 5.97 Å². The zero-order chi connectivity index (χ0) is 23.9. The van der Waals surface area contributed by atoms with Crippen LogP contribution in [0.5, 0.6) is 5.75 Å². The van der Waals surface area contributed by atoms with Crippen LogP contribution < -0.4 is 10.1 Å². The highest BCUT2D eigenvalue weighted by atomic mass is 19.1. The Morgan fingerprint density at radius 2 is 1.68 bits per heavy atom. The van der Waals surface area contributed by atoms with E-state index in [-0.39, 0.29) is 30.5 Å². The third kappa shape index (κ3) is 5.47. The van der Waals surface area contributed by atoms with E-state index in [1.165, 1.54) is 16.8 Å². The van der Waals surface area contributed by atoms with E-state index in [4.69, 9.17) is 9.47 Å². The van der Waals surface area contributed by atoms with Gasteiger partial charge in [-0.2, -0.15) is 5.10 Å². The monoisotopic (exact) mass is 459 g/mol. The molecule has 4 aromatic rings. The fourth-order valence-electron chi connectivity index (χ4n) is 3.18. The minimum absolute atomic E-state index is 0.0646. The molecule has 0 radical (unpaired) electrons. The lowest BCUT2D eigenvalue weighted by Gasteiger charge is -2.08. The first-order valence-corrected chi connectivity index (χ1v) is 10.6. The molecule has 7 nitrogen and oxygen atoms in total. The lowest BCUT2D eigenvalue weighted by molar-refractivity contribution is 0.0526. The van der Waals surface area contributed by atoms with Gasteiger partial charge in [0.1, 0.15) is 12.4 Å². The molecule has 0 aliphatic rings. The van der Waals surface area contributed by atoms with Crippen molar-refractivity contribution in [1.29, 1.82) is 0 Å². The van der Waals surface area contributed by atoms with Gasteiger partial charge < -0.3 is 14.8 Å². The molecule has 172 valence electrons. The van der Waals surface area contributed by atoms with Crippen molar-refractivity contribution in [2.75, 3.05) is 11.9 Å². The summed E-state index contributed by atoms with van der Waals surface area (Å²) in [5.74, 6) is -1.03. The Balaban J connectivity index is 1.57. The number of hydrogen-bond acceptors (Lipinski definition) is 5. The van der Waals surface area contributed by atoms with Crippen molar-refractivity contribution in [3.05, 3.63) is 108 Å². The van der Waals surface area contributed by atoms with Crippen molar-refractivity contribution in [2.24, 2.45) is 0 Å². The van der Waals surface area contributed by atoms with E-state index < -0.39 is 11.9 Å². The van der Waals surface area contributed by atoms with Gasteiger partial charge in [-0.3, -0.25) is 4.79 Å². The van der Waals surface area contributed by atoms with Gasteiger partial charge in [-0.1, -0.05) is 30.3 Å². The molecule has 0 aliphatic carbocycles. The standard InChI is InChI=1S/C26H22FN3O4/c1-2-33-26(32)19-8-12-21(13-9-19)28-25(31)24-23(34-17-18-6-4-3-5-7-18)16-30(29-24)22-14-10-20(27)11-15-22/h3-16H,2,17H2,1H3,(H,28,31). The Morgan fingerprint density at radius 3 is 2.35 bits per heavy atom.